The molecule has 1 rings (SSSR count). The highest BCUT2D eigenvalue weighted by molar-refractivity contribution is 5.44. The van der Waals surface area contributed by atoms with Gasteiger partial charge in [0.25, 0.3) is 0 Å². The zero-order chi connectivity index (χ0) is 8.81. The molecule has 0 spiro atoms. The van der Waals surface area contributed by atoms with Crippen LogP contribution < -0.4 is 16.6 Å². The second kappa shape index (κ2) is 4.74. The average Bonchev–Trinajstić information content (AvgIpc) is 2.09. The third kappa shape index (κ3) is 2.90. The van der Waals surface area contributed by atoms with E-state index >= 15 is 0 Å². The third-order valence-electron chi connectivity index (χ3n) is 1.65. The van der Waals surface area contributed by atoms with E-state index in [0.29, 0.717) is 0 Å². The van der Waals surface area contributed by atoms with Gasteiger partial charge in [-0.1, -0.05) is 17.7 Å². The van der Waals surface area contributed by atoms with Gasteiger partial charge in [0.15, 0.2) is 0 Å². The van der Waals surface area contributed by atoms with Gasteiger partial charge in [-0.15, -0.1) is 0 Å². The van der Waals surface area contributed by atoms with Gasteiger partial charge in [-0.25, -0.2) is 0 Å². The number of aryl methyl sites for hydroxylation is 1. The predicted molar refractivity (Wildman–Crippen MR) is 51.9 cm³/mol. The minimum atomic E-state index is 0.772. The number of rotatable bonds is 4. The van der Waals surface area contributed by atoms with Crippen molar-refractivity contribution in [3.8, 4) is 0 Å². The summed E-state index contributed by atoms with van der Waals surface area (Å²) in [6.45, 7) is 3.69. The van der Waals surface area contributed by atoms with Gasteiger partial charge in [0.2, 0.25) is 0 Å². The molecule has 0 aromatic heterocycles. The maximum Gasteiger partial charge on any atom is 0.0340 e. The van der Waals surface area contributed by atoms with Crippen LogP contribution in [0.2, 0.25) is 0 Å². The zero-order valence-corrected chi connectivity index (χ0v) is 7.30. The molecule has 4 N–H and O–H groups in total. The normalized spacial score (nSPS) is 9.83. The molecule has 0 saturated heterocycles. The molecule has 66 valence electrons. The molecule has 3 nitrogen and oxygen atoms in total. The largest absolute Gasteiger partial charge is 0.384 e. The van der Waals surface area contributed by atoms with Gasteiger partial charge in [-0.2, -0.15) is 0 Å². The quantitative estimate of drug-likeness (QED) is 0.352. The molecule has 0 bridgehead atoms. The number of anilines is 1. The van der Waals surface area contributed by atoms with E-state index in [4.69, 9.17) is 5.84 Å². The van der Waals surface area contributed by atoms with Crippen molar-refractivity contribution in [1.29, 1.82) is 0 Å². The summed E-state index contributed by atoms with van der Waals surface area (Å²) in [5.41, 5.74) is 5.00. The Bertz CT molecular complexity index is 218. The van der Waals surface area contributed by atoms with Crippen LogP contribution in [0.4, 0.5) is 5.69 Å². The van der Waals surface area contributed by atoms with E-state index in [1.165, 1.54) is 5.56 Å². The Labute approximate surface area is 72.9 Å². The lowest BCUT2D eigenvalue weighted by Crippen LogP contribution is -2.28. The molecule has 0 unspecified atom stereocenters. The fraction of sp³-hybridized carbons (Fsp3) is 0.333. The molecule has 1 aromatic carbocycles. The molecule has 0 aliphatic rings. The van der Waals surface area contributed by atoms with Gasteiger partial charge in [-0.3, -0.25) is 11.3 Å². The fourth-order valence-electron chi connectivity index (χ4n) is 0.950. The van der Waals surface area contributed by atoms with Crippen molar-refractivity contribution in [3.63, 3.8) is 0 Å². The van der Waals surface area contributed by atoms with Crippen molar-refractivity contribution in [2.24, 2.45) is 5.84 Å². The minimum absolute atomic E-state index is 0.772. The van der Waals surface area contributed by atoms with E-state index < -0.39 is 0 Å². The number of hydrazine groups is 1. The SMILES string of the molecule is Cc1ccc(NCCNN)cc1. The summed E-state index contributed by atoms with van der Waals surface area (Å²) in [4.78, 5) is 0. The summed E-state index contributed by atoms with van der Waals surface area (Å²) in [6.07, 6.45) is 0. The summed E-state index contributed by atoms with van der Waals surface area (Å²) < 4.78 is 0. The lowest BCUT2D eigenvalue weighted by Gasteiger charge is -2.05. The van der Waals surface area contributed by atoms with E-state index in [1.807, 2.05) is 0 Å². The predicted octanol–water partition coefficient (Wildman–Crippen LogP) is 0.870. The van der Waals surface area contributed by atoms with Crippen LogP contribution in [0.1, 0.15) is 5.56 Å². The maximum atomic E-state index is 5.13. The second-order valence-electron chi connectivity index (χ2n) is 2.75. The first-order chi connectivity index (χ1) is 5.83. The van der Waals surface area contributed by atoms with E-state index in [2.05, 4.69) is 41.9 Å². The molecule has 0 fully saturated rings. The van der Waals surface area contributed by atoms with Gasteiger partial charge >= 0.3 is 0 Å². The van der Waals surface area contributed by atoms with Crippen molar-refractivity contribution < 1.29 is 0 Å². The van der Waals surface area contributed by atoms with Crippen molar-refractivity contribution >= 4 is 5.69 Å². The Kier molecular flexibility index (Phi) is 3.57. The molecule has 0 amide bonds. The highest BCUT2D eigenvalue weighted by atomic mass is 15.2. The highest BCUT2D eigenvalue weighted by Crippen LogP contribution is 2.07. The monoisotopic (exact) mass is 165 g/mol. The van der Waals surface area contributed by atoms with E-state index in [-0.39, 0.29) is 0 Å². The number of nitrogens with one attached hydrogen (secondary N) is 2. The summed E-state index contributed by atoms with van der Waals surface area (Å²) >= 11 is 0. The van der Waals surface area contributed by atoms with E-state index in [9.17, 15) is 0 Å². The van der Waals surface area contributed by atoms with Crippen molar-refractivity contribution in [2.75, 3.05) is 18.4 Å². The van der Waals surface area contributed by atoms with Gasteiger partial charge in [0.05, 0.1) is 0 Å². The molecule has 0 radical (unpaired) electrons. The summed E-state index contributed by atoms with van der Waals surface area (Å²) in [7, 11) is 0. The van der Waals surface area contributed by atoms with Crippen molar-refractivity contribution in [1.82, 2.24) is 5.43 Å². The molecule has 0 saturated carbocycles. The van der Waals surface area contributed by atoms with E-state index in [1.54, 1.807) is 0 Å². The molecule has 0 atom stereocenters. The summed E-state index contributed by atoms with van der Waals surface area (Å²) in [5, 5.41) is 3.23. The number of nitrogens with two attached hydrogens (primary N) is 1. The highest BCUT2D eigenvalue weighted by Gasteiger charge is 1.88. The molecule has 12 heavy (non-hydrogen) atoms. The first kappa shape index (κ1) is 9.03. The lowest BCUT2D eigenvalue weighted by atomic mass is 10.2. The molecular weight excluding hydrogens is 150 g/mol. The second-order valence-corrected chi connectivity index (χ2v) is 2.75. The van der Waals surface area contributed by atoms with Gasteiger partial charge in [0.1, 0.15) is 0 Å². The first-order valence-electron chi connectivity index (χ1n) is 4.07. The summed E-state index contributed by atoms with van der Waals surface area (Å²) in [5.74, 6) is 5.13. The Morgan fingerprint density at radius 2 is 1.83 bits per heavy atom. The Hall–Kier alpha value is -1.06. The maximum absolute atomic E-state index is 5.13. The number of benzene rings is 1. The zero-order valence-electron chi connectivity index (χ0n) is 7.30. The van der Waals surface area contributed by atoms with Crippen LogP contribution in [0.15, 0.2) is 24.3 Å². The molecule has 0 heterocycles. The minimum Gasteiger partial charge on any atom is -0.384 e. The average molecular weight is 165 g/mol. The van der Waals surface area contributed by atoms with Crippen LogP contribution >= 0.6 is 0 Å². The van der Waals surface area contributed by atoms with Crippen LogP contribution in [0.25, 0.3) is 0 Å². The number of hydrogen-bond acceptors (Lipinski definition) is 3. The van der Waals surface area contributed by atoms with Crippen molar-refractivity contribution in [3.05, 3.63) is 29.8 Å². The topological polar surface area (TPSA) is 50.1 Å². The Balaban J connectivity index is 2.37. The molecule has 3 heteroatoms. The van der Waals surface area contributed by atoms with E-state index in [0.717, 1.165) is 18.8 Å². The first-order valence-corrected chi connectivity index (χ1v) is 4.07. The van der Waals surface area contributed by atoms with Crippen LogP contribution in [0.3, 0.4) is 0 Å². The Morgan fingerprint density at radius 3 is 2.42 bits per heavy atom. The van der Waals surface area contributed by atoms with Crippen LogP contribution in [0.5, 0.6) is 0 Å². The summed E-state index contributed by atoms with van der Waals surface area (Å²) in [6, 6.07) is 8.29. The number of hydrogen-bond donors (Lipinski definition) is 3. The van der Waals surface area contributed by atoms with Gasteiger partial charge in [0, 0.05) is 18.8 Å². The van der Waals surface area contributed by atoms with Crippen LogP contribution in [-0.4, -0.2) is 13.1 Å². The van der Waals surface area contributed by atoms with Crippen LogP contribution in [-0.2, 0) is 0 Å². The Morgan fingerprint density at radius 1 is 1.17 bits per heavy atom. The molecular formula is C9H15N3. The van der Waals surface area contributed by atoms with Crippen molar-refractivity contribution in [2.45, 2.75) is 6.92 Å². The standard InChI is InChI=1S/C9H15N3/c1-8-2-4-9(5-3-8)11-6-7-12-10/h2-5,11-12H,6-7,10H2,1H3. The molecule has 1 aromatic rings. The lowest BCUT2D eigenvalue weighted by molar-refractivity contribution is 0.753. The smallest absolute Gasteiger partial charge is 0.0340 e. The van der Waals surface area contributed by atoms with Gasteiger partial charge < -0.3 is 5.32 Å². The van der Waals surface area contributed by atoms with Gasteiger partial charge in [-0.05, 0) is 19.1 Å². The molecule has 0 aliphatic carbocycles. The van der Waals surface area contributed by atoms with Crippen LogP contribution in [0, 0.1) is 6.92 Å². The fourth-order valence-corrected chi connectivity index (χ4v) is 0.950. The molecule has 0 aliphatic heterocycles. The third-order valence-corrected chi connectivity index (χ3v) is 1.65.